The van der Waals surface area contributed by atoms with Crippen LogP contribution in [0.2, 0.25) is 5.02 Å². The van der Waals surface area contributed by atoms with E-state index in [0.717, 1.165) is 27.7 Å². The van der Waals surface area contributed by atoms with E-state index in [-0.39, 0.29) is 11.8 Å². The van der Waals surface area contributed by atoms with Gasteiger partial charge in [0.25, 0.3) is 0 Å². The fourth-order valence-corrected chi connectivity index (χ4v) is 4.61. The molecule has 2 heterocycles. The minimum atomic E-state index is -0.986. The Morgan fingerprint density at radius 3 is 2.71 bits per heavy atom. The average Bonchev–Trinajstić information content (AvgIpc) is 2.92. The van der Waals surface area contributed by atoms with Crippen LogP contribution in [0.4, 0.5) is 0 Å². The lowest BCUT2D eigenvalue weighted by Gasteiger charge is -2.25. The Hall–Kier alpha value is -1.63. The van der Waals surface area contributed by atoms with E-state index >= 15 is 0 Å². The van der Waals surface area contributed by atoms with Gasteiger partial charge in [-0.25, -0.2) is 4.98 Å². The number of likely N-dealkylation sites (tertiary alicyclic amines) is 1. The Labute approximate surface area is 175 Å². The van der Waals surface area contributed by atoms with Gasteiger partial charge >= 0.3 is 0 Å². The molecule has 1 unspecified atom stereocenters. The van der Waals surface area contributed by atoms with Crippen LogP contribution in [-0.4, -0.2) is 34.0 Å². The highest BCUT2D eigenvalue weighted by Gasteiger charge is 2.36. The van der Waals surface area contributed by atoms with E-state index in [1.165, 1.54) is 11.3 Å². The van der Waals surface area contributed by atoms with Crippen molar-refractivity contribution in [2.75, 3.05) is 13.1 Å². The minimum absolute atomic E-state index is 0.0232. The lowest BCUT2D eigenvalue weighted by molar-refractivity contribution is -0.134. The molecule has 0 saturated carbocycles. The van der Waals surface area contributed by atoms with Gasteiger partial charge in [0.05, 0.1) is 10.6 Å². The molecule has 7 heteroatoms. The SMILES string of the molecule is Cc1nc(C2(O)CCCN(C(=O)C(C)C)CC2)sc1COc1ccc(Cl)cc1. The van der Waals surface area contributed by atoms with Crippen molar-refractivity contribution in [2.45, 2.75) is 52.2 Å². The van der Waals surface area contributed by atoms with E-state index in [9.17, 15) is 9.90 Å². The van der Waals surface area contributed by atoms with Gasteiger partial charge < -0.3 is 14.7 Å². The van der Waals surface area contributed by atoms with E-state index in [0.29, 0.717) is 37.6 Å². The van der Waals surface area contributed by atoms with Crippen molar-refractivity contribution in [1.29, 1.82) is 0 Å². The number of carbonyl (C=O) groups is 1. The molecule has 152 valence electrons. The first-order valence-electron chi connectivity index (χ1n) is 9.65. The first-order chi connectivity index (χ1) is 13.3. The maximum Gasteiger partial charge on any atom is 0.225 e. The molecule has 1 aromatic heterocycles. The first-order valence-corrected chi connectivity index (χ1v) is 10.8. The summed E-state index contributed by atoms with van der Waals surface area (Å²) >= 11 is 7.40. The lowest BCUT2D eigenvalue weighted by atomic mass is 9.96. The van der Waals surface area contributed by atoms with Crippen molar-refractivity contribution < 1.29 is 14.6 Å². The van der Waals surface area contributed by atoms with E-state index in [1.807, 2.05) is 37.8 Å². The van der Waals surface area contributed by atoms with Gasteiger partial charge in [0.2, 0.25) is 5.91 Å². The third-order valence-corrected chi connectivity index (χ3v) is 6.67. The number of hydrogen-bond donors (Lipinski definition) is 1. The summed E-state index contributed by atoms with van der Waals surface area (Å²) in [5.41, 5.74) is -0.110. The number of carbonyl (C=O) groups excluding carboxylic acids is 1. The molecule has 28 heavy (non-hydrogen) atoms. The molecule has 1 aliphatic rings. The van der Waals surface area contributed by atoms with E-state index in [1.54, 1.807) is 12.1 Å². The van der Waals surface area contributed by atoms with Gasteiger partial charge in [0.15, 0.2) is 0 Å². The summed E-state index contributed by atoms with van der Waals surface area (Å²) in [7, 11) is 0. The number of aliphatic hydroxyl groups is 1. The van der Waals surface area contributed by atoms with Crippen LogP contribution in [0, 0.1) is 12.8 Å². The number of aryl methyl sites for hydroxylation is 1. The highest BCUT2D eigenvalue weighted by molar-refractivity contribution is 7.11. The summed E-state index contributed by atoms with van der Waals surface area (Å²) in [5.74, 6) is 0.872. The first kappa shape index (κ1) is 21.1. The average molecular weight is 423 g/mol. The van der Waals surface area contributed by atoms with Gasteiger partial charge in [0, 0.05) is 30.5 Å². The Balaban J connectivity index is 1.68. The topological polar surface area (TPSA) is 62.7 Å². The maximum atomic E-state index is 12.3. The fourth-order valence-electron chi connectivity index (χ4n) is 3.36. The van der Waals surface area contributed by atoms with E-state index in [2.05, 4.69) is 4.98 Å². The third-order valence-electron chi connectivity index (χ3n) is 5.09. The molecule has 0 bridgehead atoms. The molecule has 1 aliphatic heterocycles. The molecular formula is C21H27ClN2O3S. The summed E-state index contributed by atoms with van der Waals surface area (Å²) in [6.07, 6.45) is 1.89. The van der Waals surface area contributed by atoms with Crippen LogP contribution >= 0.6 is 22.9 Å². The molecule has 1 fully saturated rings. The molecule has 5 nitrogen and oxygen atoms in total. The van der Waals surface area contributed by atoms with Gasteiger partial charge in [-0.05, 0) is 44.0 Å². The Morgan fingerprint density at radius 1 is 1.32 bits per heavy atom. The monoisotopic (exact) mass is 422 g/mol. The van der Waals surface area contributed by atoms with E-state index < -0.39 is 5.60 Å². The summed E-state index contributed by atoms with van der Waals surface area (Å²) < 4.78 is 5.84. The molecule has 0 radical (unpaired) electrons. The quantitative estimate of drug-likeness (QED) is 0.768. The molecule has 1 N–H and O–H groups in total. The summed E-state index contributed by atoms with van der Waals surface area (Å²) in [6.45, 7) is 7.42. The predicted octanol–water partition coefficient (Wildman–Crippen LogP) is 4.54. The molecule has 3 rings (SSSR count). The molecule has 1 atom stereocenters. The lowest BCUT2D eigenvalue weighted by Crippen LogP contribution is -2.36. The van der Waals surface area contributed by atoms with E-state index in [4.69, 9.17) is 16.3 Å². The normalized spacial score (nSPS) is 20.3. The van der Waals surface area contributed by atoms with Gasteiger partial charge in [0.1, 0.15) is 23.0 Å². The number of thiazole rings is 1. The minimum Gasteiger partial charge on any atom is -0.488 e. The number of amides is 1. The molecule has 0 spiro atoms. The summed E-state index contributed by atoms with van der Waals surface area (Å²) in [5, 5.41) is 12.7. The van der Waals surface area contributed by atoms with Crippen LogP contribution < -0.4 is 4.74 Å². The zero-order chi connectivity index (χ0) is 20.3. The van der Waals surface area contributed by atoms with Crippen molar-refractivity contribution in [3.63, 3.8) is 0 Å². The number of rotatable bonds is 5. The van der Waals surface area contributed by atoms with Crippen molar-refractivity contribution in [3.8, 4) is 5.75 Å². The van der Waals surface area contributed by atoms with Gasteiger partial charge in [-0.15, -0.1) is 11.3 Å². The highest BCUT2D eigenvalue weighted by Crippen LogP contribution is 2.37. The number of aromatic nitrogens is 1. The highest BCUT2D eigenvalue weighted by atomic mass is 35.5. The maximum absolute atomic E-state index is 12.3. The van der Waals surface area contributed by atoms with Crippen LogP contribution in [0.3, 0.4) is 0 Å². The van der Waals surface area contributed by atoms with Gasteiger partial charge in [-0.3, -0.25) is 4.79 Å². The third kappa shape index (κ3) is 4.85. The van der Waals surface area contributed by atoms with Crippen LogP contribution in [-0.2, 0) is 17.0 Å². The van der Waals surface area contributed by atoms with Crippen LogP contribution in [0.5, 0.6) is 5.75 Å². The van der Waals surface area contributed by atoms with Crippen molar-refractivity contribution in [3.05, 3.63) is 44.9 Å². The largest absolute Gasteiger partial charge is 0.488 e. The molecule has 1 aromatic carbocycles. The van der Waals surface area contributed by atoms with Gasteiger partial charge in [-0.1, -0.05) is 25.4 Å². The molecule has 1 amide bonds. The second-order valence-corrected chi connectivity index (χ2v) is 9.16. The number of halogens is 1. The van der Waals surface area contributed by atoms with Crippen molar-refractivity contribution >= 4 is 28.8 Å². The standard InChI is InChI=1S/C21H27ClN2O3S/c1-14(2)19(25)24-11-4-9-21(26,10-12-24)20-23-15(3)18(28-20)13-27-17-7-5-16(22)6-8-17/h5-8,14,26H,4,9-13H2,1-3H3. The number of ether oxygens (including phenoxy) is 1. The van der Waals surface area contributed by atoms with Crippen LogP contribution in [0.1, 0.15) is 48.7 Å². The Bertz CT molecular complexity index is 822. The molecule has 0 aliphatic carbocycles. The Kier molecular flexibility index (Phi) is 6.63. The second kappa shape index (κ2) is 8.80. The van der Waals surface area contributed by atoms with Crippen molar-refractivity contribution in [2.24, 2.45) is 5.92 Å². The number of nitrogens with zero attached hydrogens (tertiary/aromatic N) is 2. The smallest absolute Gasteiger partial charge is 0.225 e. The fraction of sp³-hybridized carbons (Fsp3) is 0.524. The Morgan fingerprint density at radius 2 is 2.04 bits per heavy atom. The molecule has 2 aromatic rings. The zero-order valence-corrected chi connectivity index (χ0v) is 18.1. The van der Waals surface area contributed by atoms with Crippen LogP contribution in [0.15, 0.2) is 24.3 Å². The molecular weight excluding hydrogens is 396 g/mol. The van der Waals surface area contributed by atoms with Crippen molar-refractivity contribution in [1.82, 2.24) is 9.88 Å². The van der Waals surface area contributed by atoms with Crippen LogP contribution in [0.25, 0.3) is 0 Å². The second-order valence-electron chi connectivity index (χ2n) is 7.64. The summed E-state index contributed by atoms with van der Waals surface area (Å²) in [4.78, 5) is 19.8. The predicted molar refractivity (Wildman–Crippen MR) is 112 cm³/mol. The van der Waals surface area contributed by atoms with Gasteiger partial charge in [-0.2, -0.15) is 0 Å². The molecule has 1 saturated heterocycles. The summed E-state index contributed by atoms with van der Waals surface area (Å²) in [6, 6.07) is 7.25. The zero-order valence-electron chi connectivity index (χ0n) is 16.6. The number of hydrogen-bond acceptors (Lipinski definition) is 5. The number of benzene rings is 1.